The number of rotatable bonds is 3. The van der Waals surface area contributed by atoms with Crippen LogP contribution in [0.5, 0.6) is 5.75 Å². The number of hydrogen-bond donors (Lipinski definition) is 1. The van der Waals surface area contributed by atoms with E-state index in [1.54, 1.807) is 7.11 Å². The lowest BCUT2D eigenvalue weighted by Crippen LogP contribution is -2.00. The Kier molecular flexibility index (Phi) is 3.48. The number of ether oxygens (including phenoxy) is 1. The lowest BCUT2D eigenvalue weighted by atomic mass is 10.0. The van der Waals surface area contributed by atoms with Crippen molar-refractivity contribution < 1.29 is 4.74 Å². The third kappa shape index (κ3) is 2.21. The van der Waals surface area contributed by atoms with Crippen LogP contribution in [-0.2, 0) is 0 Å². The molecule has 0 saturated carbocycles. The lowest BCUT2D eigenvalue weighted by Gasteiger charge is -2.15. The fourth-order valence-electron chi connectivity index (χ4n) is 2.72. The van der Waals surface area contributed by atoms with Gasteiger partial charge in [0.1, 0.15) is 11.3 Å². The van der Waals surface area contributed by atoms with Gasteiger partial charge in [0.25, 0.3) is 0 Å². The maximum Gasteiger partial charge on any atom is 0.145 e. The second-order valence-electron chi connectivity index (χ2n) is 4.93. The van der Waals surface area contributed by atoms with Crippen molar-refractivity contribution in [2.75, 3.05) is 19.5 Å². The largest absolute Gasteiger partial charge is 0.494 e. The van der Waals surface area contributed by atoms with E-state index in [0.29, 0.717) is 0 Å². The van der Waals surface area contributed by atoms with Gasteiger partial charge < -0.3 is 10.1 Å². The van der Waals surface area contributed by atoms with Crippen LogP contribution in [0, 0.1) is 6.92 Å². The molecule has 0 aliphatic heterocycles. The summed E-state index contributed by atoms with van der Waals surface area (Å²) in [4.78, 5) is 4.86. The normalized spacial score (nSPS) is 10.6. The smallest absolute Gasteiger partial charge is 0.145 e. The number of pyridine rings is 1. The Morgan fingerprint density at radius 2 is 1.76 bits per heavy atom. The Balaban J connectivity index is 2.39. The topological polar surface area (TPSA) is 34.2 Å². The van der Waals surface area contributed by atoms with Gasteiger partial charge in [0.2, 0.25) is 0 Å². The molecule has 0 fully saturated rings. The number of nitrogens with zero attached hydrogens (tertiary/aromatic N) is 1. The van der Waals surface area contributed by atoms with Crippen LogP contribution in [0.1, 0.15) is 5.56 Å². The zero-order valence-corrected chi connectivity index (χ0v) is 12.5. The van der Waals surface area contributed by atoms with E-state index >= 15 is 0 Å². The molecule has 2 aromatic carbocycles. The van der Waals surface area contributed by atoms with E-state index in [0.717, 1.165) is 39.2 Å². The number of para-hydroxylation sites is 1. The summed E-state index contributed by atoms with van der Waals surface area (Å²) in [6, 6.07) is 16.2. The highest BCUT2D eigenvalue weighted by Gasteiger charge is 2.14. The molecule has 0 atom stereocenters. The number of nitrogens with one attached hydrogen (secondary N) is 1. The molecular weight excluding hydrogens is 260 g/mol. The summed E-state index contributed by atoms with van der Waals surface area (Å²) in [7, 11) is 3.62. The van der Waals surface area contributed by atoms with Gasteiger partial charge in [-0.15, -0.1) is 0 Å². The fraction of sp³-hybridized carbons (Fsp3) is 0.167. The zero-order chi connectivity index (χ0) is 14.8. The first-order chi connectivity index (χ1) is 10.3. The van der Waals surface area contributed by atoms with E-state index in [1.807, 2.05) is 37.4 Å². The van der Waals surface area contributed by atoms with Crippen LogP contribution in [0.3, 0.4) is 0 Å². The first-order valence-electron chi connectivity index (χ1n) is 6.96. The van der Waals surface area contributed by atoms with Crippen molar-refractivity contribution in [1.82, 2.24) is 4.98 Å². The van der Waals surface area contributed by atoms with Gasteiger partial charge in [-0.1, -0.05) is 42.5 Å². The highest BCUT2D eigenvalue weighted by Crippen LogP contribution is 2.36. The van der Waals surface area contributed by atoms with Gasteiger partial charge in [-0.3, -0.25) is 0 Å². The van der Waals surface area contributed by atoms with Gasteiger partial charge in [0.05, 0.1) is 12.8 Å². The first-order valence-corrected chi connectivity index (χ1v) is 6.96. The van der Waals surface area contributed by atoms with E-state index in [4.69, 9.17) is 9.72 Å². The maximum atomic E-state index is 5.47. The highest BCUT2D eigenvalue weighted by atomic mass is 16.5. The lowest BCUT2D eigenvalue weighted by molar-refractivity contribution is 0.419. The van der Waals surface area contributed by atoms with Crippen LogP contribution in [0.4, 0.5) is 5.69 Å². The molecule has 1 N–H and O–H groups in total. The number of benzene rings is 2. The fourth-order valence-corrected chi connectivity index (χ4v) is 2.72. The Morgan fingerprint density at radius 1 is 1.00 bits per heavy atom. The Morgan fingerprint density at radius 3 is 2.43 bits per heavy atom. The predicted octanol–water partition coefficient (Wildman–Crippen LogP) is 4.26. The Bertz CT molecular complexity index is 782. The monoisotopic (exact) mass is 278 g/mol. The molecule has 21 heavy (non-hydrogen) atoms. The number of methoxy groups -OCH3 is 1. The third-order valence-electron chi connectivity index (χ3n) is 3.74. The van der Waals surface area contributed by atoms with Crippen molar-refractivity contribution in [3.63, 3.8) is 0 Å². The van der Waals surface area contributed by atoms with Gasteiger partial charge in [0.15, 0.2) is 0 Å². The van der Waals surface area contributed by atoms with Crippen molar-refractivity contribution in [1.29, 1.82) is 0 Å². The molecule has 3 rings (SSSR count). The van der Waals surface area contributed by atoms with Crippen LogP contribution in [0.25, 0.3) is 22.2 Å². The Labute approximate surface area is 124 Å². The molecule has 3 aromatic rings. The minimum atomic E-state index is 0.793. The van der Waals surface area contributed by atoms with E-state index < -0.39 is 0 Å². The standard InChI is InChI=1S/C18H18N2O/c1-12-16(13-8-5-4-6-9-13)20-18-14(17(12)19-2)10-7-11-15(18)21-3/h4-11H,1-3H3,(H,19,20). The summed E-state index contributed by atoms with van der Waals surface area (Å²) in [5.74, 6) is 0.793. The molecule has 0 radical (unpaired) electrons. The molecular formula is C18H18N2O. The van der Waals surface area contributed by atoms with Gasteiger partial charge in [0, 0.05) is 23.7 Å². The molecule has 0 amide bonds. The summed E-state index contributed by atoms with van der Waals surface area (Å²) in [6.07, 6.45) is 0. The van der Waals surface area contributed by atoms with Crippen molar-refractivity contribution in [3.8, 4) is 17.0 Å². The van der Waals surface area contributed by atoms with E-state index in [1.165, 1.54) is 0 Å². The summed E-state index contributed by atoms with van der Waals surface area (Å²) in [5, 5.41) is 4.38. The summed E-state index contributed by atoms with van der Waals surface area (Å²) < 4.78 is 5.47. The quantitative estimate of drug-likeness (QED) is 0.777. The predicted molar refractivity (Wildman–Crippen MR) is 88.0 cm³/mol. The molecule has 0 aliphatic rings. The Hall–Kier alpha value is -2.55. The molecule has 1 aromatic heterocycles. The molecule has 0 aliphatic carbocycles. The van der Waals surface area contributed by atoms with Crippen LogP contribution >= 0.6 is 0 Å². The minimum Gasteiger partial charge on any atom is -0.494 e. The molecule has 0 spiro atoms. The molecule has 0 bridgehead atoms. The van der Waals surface area contributed by atoms with Crippen LogP contribution < -0.4 is 10.1 Å². The summed E-state index contributed by atoms with van der Waals surface area (Å²) in [5.41, 5.74) is 5.22. The molecule has 106 valence electrons. The third-order valence-corrected chi connectivity index (χ3v) is 3.74. The van der Waals surface area contributed by atoms with Gasteiger partial charge in [-0.05, 0) is 18.6 Å². The van der Waals surface area contributed by atoms with Gasteiger partial charge in [-0.25, -0.2) is 4.98 Å². The molecule has 0 saturated heterocycles. The van der Waals surface area contributed by atoms with Crippen molar-refractivity contribution in [2.45, 2.75) is 6.92 Å². The summed E-state index contributed by atoms with van der Waals surface area (Å²) >= 11 is 0. The van der Waals surface area contributed by atoms with E-state index in [-0.39, 0.29) is 0 Å². The number of hydrogen-bond acceptors (Lipinski definition) is 3. The molecule has 0 unspecified atom stereocenters. The van der Waals surface area contributed by atoms with Crippen molar-refractivity contribution in [3.05, 3.63) is 54.1 Å². The molecule has 1 heterocycles. The van der Waals surface area contributed by atoms with Crippen LogP contribution in [0.15, 0.2) is 48.5 Å². The van der Waals surface area contributed by atoms with Gasteiger partial charge >= 0.3 is 0 Å². The highest BCUT2D eigenvalue weighted by molar-refractivity contribution is 5.99. The van der Waals surface area contributed by atoms with Crippen molar-refractivity contribution >= 4 is 16.6 Å². The van der Waals surface area contributed by atoms with E-state index in [9.17, 15) is 0 Å². The van der Waals surface area contributed by atoms with Crippen LogP contribution in [-0.4, -0.2) is 19.1 Å². The molecule has 3 nitrogen and oxygen atoms in total. The number of fused-ring (bicyclic) bond motifs is 1. The second kappa shape index (κ2) is 5.44. The first kappa shape index (κ1) is 13.4. The molecule has 3 heteroatoms. The summed E-state index contributed by atoms with van der Waals surface area (Å²) in [6.45, 7) is 2.10. The average molecular weight is 278 g/mol. The van der Waals surface area contributed by atoms with Gasteiger partial charge in [-0.2, -0.15) is 0 Å². The van der Waals surface area contributed by atoms with Crippen LogP contribution in [0.2, 0.25) is 0 Å². The average Bonchev–Trinajstić information content (AvgIpc) is 2.54. The second-order valence-corrected chi connectivity index (χ2v) is 4.93. The minimum absolute atomic E-state index is 0.793. The van der Waals surface area contributed by atoms with E-state index in [2.05, 4.69) is 30.4 Å². The zero-order valence-electron chi connectivity index (χ0n) is 12.5. The number of aromatic nitrogens is 1. The maximum absolute atomic E-state index is 5.47. The van der Waals surface area contributed by atoms with Crippen molar-refractivity contribution in [2.24, 2.45) is 0 Å². The number of anilines is 1. The SMILES string of the molecule is CNc1c(C)c(-c2ccccc2)nc2c(OC)cccc12.